The summed E-state index contributed by atoms with van der Waals surface area (Å²) in [7, 11) is 0. The number of hydrogen-bond acceptors (Lipinski definition) is 6. The molecule has 0 radical (unpaired) electrons. The molecule has 6 unspecified atom stereocenters. The maximum Gasteiger partial charge on any atom is 0.116 e. The van der Waals surface area contributed by atoms with Crippen molar-refractivity contribution in [3.8, 4) is 0 Å². The maximum atomic E-state index is 11.4. The van der Waals surface area contributed by atoms with Gasteiger partial charge in [0.25, 0.3) is 0 Å². The molecule has 0 aliphatic heterocycles. The zero-order chi connectivity index (χ0) is 24.9. The summed E-state index contributed by atoms with van der Waals surface area (Å²) in [6.07, 6.45) is 0.606. The lowest BCUT2D eigenvalue weighted by molar-refractivity contribution is -0.273. The lowest BCUT2D eigenvalue weighted by Crippen LogP contribution is -2.67. The number of hydrogen-bond donors (Lipinski definition) is 1. The molecule has 1 saturated carbocycles. The standard InChI is InChI=1S/C29H36O6/c1-4-17-31-25-24(30)26(32-18-5-2)28(34-20-22-13-9-7-10-14-22)29(27(25)33-19-6-3)35-21-23-15-11-8-12-16-23/h4-16,24-30H,1-3,17-21H2. The second-order valence-corrected chi connectivity index (χ2v) is 8.27. The second-order valence-electron chi connectivity index (χ2n) is 8.27. The van der Waals surface area contributed by atoms with Crippen molar-refractivity contribution in [3.63, 3.8) is 0 Å². The highest BCUT2D eigenvalue weighted by molar-refractivity contribution is 5.15. The molecule has 3 rings (SSSR count). The van der Waals surface area contributed by atoms with Gasteiger partial charge in [-0.3, -0.25) is 0 Å². The fraction of sp³-hybridized carbons (Fsp3) is 0.379. The second kappa shape index (κ2) is 14.7. The van der Waals surface area contributed by atoms with E-state index < -0.39 is 36.6 Å². The van der Waals surface area contributed by atoms with Crippen LogP contribution in [0.15, 0.2) is 98.6 Å². The molecule has 6 nitrogen and oxygen atoms in total. The van der Waals surface area contributed by atoms with Crippen molar-refractivity contribution in [3.05, 3.63) is 110 Å². The van der Waals surface area contributed by atoms with Gasteiger partial charge in [0.05, 0.1) is 33.0 Å². The molecule has 1 fully saturated rings. The first-order chi connectivity index (χ1) is 17.2. The molecule has 1 N–H and O–H groups in total. The van der Waals surface area contributed by atoms with E-state index in [9.17, 15) is 5.11 Å². The minimum Gasteiger partial charge on any atom is -0.387 e. The fourth-order valence-electron chi connectivity index (χ4n) is 4.16. The minimum atomic E-state index is -1.03. The van der Waals surface area contributed by atoms with Gasteiger partial charge < -0.3 is 28.8 Å². The summed E-state index contributed by atoms with van der Waals surface area (Å²) in [5.41, 5.74) is 2.01. The minimum absolute atomic E-state index is 0.241. The molecule has 0 bridgehead atoms. The third-order valence-electron chi connectivity index (χ3n) is 5.76. The van der Waals surface area contributed by atoms with E-state index in [0.717, 1.165) is 11.1 Å². The van der Waals surface area contributed by atoms with Gasteiger partial charge in [0.2, 0.25) is 0 Å². The summed E-state index contributed by atoms with van der Waals surface area (Å²) >= 11 is 0. The van der Waals surface area contributed by atoms with Gasteiger partial charge >= 0.3 is 0 Å². The van der Waals surface area contributed by atoms with Crippen molar-refractivity contribution in [1.82, 2.24) is 0 Å². The SMILES string of the molecule is C=CCOC1C(O)C(OCC=C)C(OCc2ccccc2)C(OCc2ccccc2)C1OCC=C. The van der Waals surface area contributed by atoms with Crippen LogP contribution in [0.4, 0.5) is 0 Å². The van der Waals surface area contributed by atoms with Crippen molar-refractivity contribution >= 4 is 0 Å². The van der Waals surface area contributed by atoms with Gasteiger partial charge in [-0.25, -0.2) is 0 Å². The van der Waals surface area contributed by atoms with E-state index in [1.54, 1.807) is 18.2 Å². The molecule has 2 aromatic carbocycles. The Balaban J connectivity index is 1.93. The van der Waals surface area contributed by atoms with Crippen LogP contribution in [0.1, 0.15) is 11.1 Å². The van der Waals surface area contributed by atoms with Crippen molar-refractivity contribution in [1.29, 1.82) is 0 Å². The van der Waals surface area contributed by atoms with Gasteiger partial charge in [-0.15, -0.1) is 19.7 Å². The lowest BCUT2D eigenvalue weighted by atomic mass is 9.83. The molecule has 0 amide bonds. The lowest BCUT2D eigenvalue weighted by Gasteiger charge is -2.48. The van der Waals surface area contributed by atoms with Gasteiger partial charge in [-0.2, -0.15) is 0 Å². The average molecular weight is 481 g/mol. The van der Waals surface area contributed by atoms with Gasteiger partial charge in [-0.05, 0) is 11.1 Å². The number of aliphatic hydroxyl groups excluding tert-OH is 1. The van der Waals surface area contributed by atoms with E-state index in [-0.39, 0.29) is 19.8 Å². The molecule has 2 aromatic rings. The van der Waals surface area contributed by atoms with Crippen LogP contribution in [-0.2, 0) is 36.9 Å². The molecule has 0 saturated heterocycles. The summed E-state index contributed by atoms with van der Waals surface area (Å²) < 4.78 is 31.0. The molecule has 1 aliphatic rings. The van der Waals surface area contributed by atoms with Gasteiger partial charge in [0.15, 0.2) is 0 Å². The van der Waals surface area contributed by atoms with E-state index >= 15 is 0 Å². The van der Waals surface area contributed by atoms with Gasteiger partial charge in [0, 0.05) is 0 Å². The van der Waals surface area contributed by atoms with Crippen LogP contribution in [0.3, 0.4) is 0 Å². The molecular weight excluding hydrogens is 444 g/mol. The Morgan fingerprint density at radius 2 is 0.886 bits per heavy atom. The first-order valence-electron chi connectivity index (χ1n) is 11.9. The highest BCUT2D eigenvalue weighted by atomic mass is 16.6. The number of ether oxygens (including phenoxy) is 5. The third kappa shape index (κ3) is 7.70. The highest BCUT2D eigenvalue weighted by Gasteiger charge is 2.53. The normalized spacial score (nSPS) is 26.2. The molecule has 0 heterocycles. The number of aliphatic hydroxyl groups is 1. The zero-order valence-electron chi connectivity index (χ0n) is 20.1. The van der Waals surface area contributed by atoms with Crippen molar-refractivity contribution in [2.75, 3.05) is 19.8 Å². The maximum absolute atomic E-state index is 11.4. The van der Waals surface area contributed by atoms with Gasteiger partial charge in [-0.1, -0.05) is 78.9 Å². The molecule has 0 aromatic heterocycles. The van der Waals surface area contributed by atoms with E-state index in [4.69, 9.17) is 23.7 Å². The highest BCUT2D eigenvalue weighted by Crippen LogP contribution is 2.33. The van der Waals surface area contributed by atoms with Crippen LogP contribution < -0.4 is 0 Å². The first kappa shape index (κ1) is 27.0. The quantitative estimate of drug-likeness (QED) is 0.385. The molecule has 6 heteroatoms. The van der Waals surface area contributed by atoms with Crippen LogP contribution >= 0.6 is 0 Å². The third-order valence-corrected chi connectivity index (χ3v) is 5.76. The predicted octanol–water partition coefficient (Wildman–Crippen LogP) is 4.25. The Hall–Kier alpha value is -2.58. The van der Waals surface area contributed by atoms with Crippen molar-refractivity contribution < 1.29 is 28.8 Å². The summed E-state index contributed by atoms with van der Waals surface area (Å²) in [6, 6.07) is 19.7. The Labute approximate surface area is 208 Å². The summed E-state index contributed by atoms with van der Waals surface area (Å²) in [4.78, 5) is 0. The molecule has 6 atom stereocenters. The van der Waals surface area contributed by atoms with E-state index in [0.29, 0.717) is 13.2 Å². The first-order valence-corrected chi connectivity index (χ1v) is 11.9. The van der Waals surface area contributed by atoms with Crippen LogP contribution in [0, 0.1) is 0 Å². The van der Waals surface area contributed by atoms with Crippen molar-refractivity contribution in [2.24, 2.45) is 0 Å². The molecule has 0 spiro atoms. The van der Waals surface area contributed by atoms with Crippen LogP contribution in [0.2, 0.25) is 0 Å². The Morgan fingerprint density at radius 3 is 1.29 bits per heavy atom. The average Bonchev–Trinajstić information content (AvgIpc) is 2.90. The summed E-state index contributed by atoms with van der Waals surface area (Å²) in [6.45, 7) is 12.7. The molecule has 1 aliphatic carbocycles. The van der Waals surface area contributed by atoms with Crippen molar-refractivity contribution in [2.45, 2.75) is 49.8 Å². The molecule has 188 valence electrons. The fourth-order valence-corrected chi connectivity index (χ4v) is 4.16. The topological polar surface area (TPSA) is 66.4 Å². The number of rotatable bonds is 15. The smallest absolute Gasteiger partial charge is 0.116 e. The zero-order valence-corrected chi connectivity index (χ0v) is 20.1. The monoisotopic (exact) mass is 480 g/mol. The predicted molar refractivity (Wildman–Crippen MR) is 136 cm³/mol. The Morgan fingerprint density at radius 1 is 0.543 bits per heavy atom. The van der Waals surface area contributed by atoms with E-state index in [1.807, 2.05) is 60.7 Å². The van der Waals surface area contributed by atoms with Crippen LogP contribution in [0.5, 0.6) is 0 Å². The largest absolute Gasteiger partial charge is 0.387 e. The summed E-state index contributed by atoms with van der Waals surface area (Å²) in [5.74, 6) is 0. The summed E-state index contributed by atoms with van der Waals surface area (Å²) in [5, 5.41) is 11.4. The van der Waals surface area contributed by atoms with E-state index in [1.165, 1.54) is 0 Å². The Kier molecular flexibility index (Phi) is 11.4. The molecular formula is C29H36O6. The van der Waals surface area contributed by atoms with Crippen LogP contribution in [0.25, 0.3) is 0 Å². The molecule has 35 heavy (non-hydrogen) atoms. The van der Waals surface area contributed by atoms with Gasteiger partial charge in [0.1, 0.15) is 36.6 Å². The van der Waals surface area contributed by atoms with Crippen LogP contribution in [-0.4, -0.2) is 61.6 Å². The number of benzene rings is 2. The van der Waals surface area contributed by atoms with E-state index in [2.05, 4.69) is 19.7 Å². The Bertz CT molecular complexity index is 887.